The van der Waals surface area contributed by atoms with Crippen molar-refractivity contribution < 1.29 is 0 Å². The van der Waals surface area contributed by atoms with E-state index in [2.05, 4.69) is 36.5 Å². The summed E-state index contributed by atoms with van der Waals surface area (Å²) in [6, 6.07) is 8.53. The van der Waals surface area contributed by atoms with E-state index in [0.717, 1.165) is 30.7 Å². The molecule has 0 amide bonds. The summed E-state index contributed by atoms with van der Waals surface area (Å²) in [6.07, 6.45) is 5.62. The Morgan fingerprint density at radius 1 is 1.17 bits per heavy atom. The molecular weight excluding hydrogens is 220 g/mol. The van der Waals surface area contributed by atoms with Gasteiger partial charge in [0, 0.05) is 23.5 Å². The first kappa shape index (κ1) is 12.9. The molecule has 0 spiro atoms. The summed E-state index contributed by atoms with van der Waals surface area (Å²) in [5, 5.41) is 11.2. The standard InChI is InChI=1S/C16H22N2/c1-12-7-9-15(10-8-12)18-16-6-4-3-5-14(16)11-13(2)17/h7-10,17-18H,3-6,11H2,1-2H3. The Morgan fingerprint density at radius 3 is 2.50 bits per heavy atom. The summed E-state index contributed by atoms with van der Waals surface area (Å²) >= 11 is 0. The number of aryl methyl sites for hydroxylation is 1. The van der Waals surface area contributed by atoms with Gasteiger partial charge in [-0.1, -0.05) is 17.7 Å². The van der Waals surface area contributed by atoms with Gasteiger partial charge in [0.05, 0.1) is 0 Å². The molecule has 0 saturated heterocycles. The van der Waals surface area contributed by atoms with Gasteiger partial charge in [-0.05, 0) is 57.2 Å². The molecule has 2 rings (SSSR count). The van der Waals surface area contributed by atoms with E-state index in [9.17, 15) is 0 Å². The first-order valence-corrected chi connectivity index (χ1v) is 6.74. The molecule has 0 unspecified atom stereocenters. The third kappa shape index (κ3) is 3.46. The van der Waals surface area contributed by atoms with E-state index < -0.39 is 0 Å². The zero-order chi connectivity index (χ0) is 13.0. The molecule has 2 heteroatoms. The van der Waals surface area contributed by atoms with Crippen LogP contribution in [0.5, 0.6) is 0 Å². The van der Waals surface area contributed by atoms with Gasteiger partial charge in [0.2, 0.25) is 0 Å². The molecule has 0 bridgehead atoms. The molecule has 1 aromatic rings. The quantitative estimate of drug-likeness (QED) is 0.740. The number of hydrogen-bond donors (Lipinski definition) is 2. The Hall–Kier alpha value is -1.57. The Balaban J connectivity index is 2.15. The zero-order valence-corrected chi connectivity index (χ0v) is 11.3. The molecule has 1 aromatic carbocycles. The molecule has 0 radical (unpaired) electrons. The van der Waals surface area contributed by atoms with Crippen LogP contribution in [0.15, 0.2) is 35.5 Å². The molecule has 0 aromatic heterocycles. The van der Waals surface area contributed by atoms with E-state index in [4.69, 9.17) is 5.41 Å². The zero-order valence-electron chi connectivity index (χ0n) is 11.3. The molecule has 1 aliphatic carbocycles. The average molecular weight is 242 g/mol. The van der Waals surface area contributed by atoms with Crippen LogP contribution in [-0.2, 0) is 0 Å². The van der Waals surface area contributed by atoms with Gasteiger partial charge in [-0.15, -0.1) is 0 Å². The SMILES string of the molecule is CC(=N)CC1=C(Nc2ccc(C)cc2)CCCC1. The summed E-state index contributed by atoms with van der Waals surface area (Å²) in [7, 11) is 0. The van der Waals surface area contributed by atoms with Crippen LogP contribution in [0.1, 0.15) is 44.6 Å². The molecule has 96 valence electrons. The first-order chi connectivity index (χ1) is 8.65. The maximum atomic E-state index is 7.67. The number of anilines is 1. The second-order valence-corrected chi connectivity index (χ2v) is 5.24. The Morgan fingerprint density at radius 2 is 1.83 bits per heavy atom. The van der Waals surface area contributed by atoms with Crippen molar-refractivity contribution >= 4 is 11.4 Å². The molecule has 0 atom stereocenters. The molecule has 2 nitrogen and oxygen atoms in total. The number of nitrogens with one attached hydrogen (secondary N) is 2. The minimum Gasteiger partial charge on any atom is -0.359 e. The van der Waals surface area contributed by atoms with Crippen LogP contribution in [-0.4, -0.2) is 5.71 Å². The van der Waals surface area contributed by atoms with E-state index in [1.54, 1.807) is 0 Å². The van der Waals surface area contributed by atoms with Gasteiger partial charge in [-0.2, -0.15) is 0 Å². The third-order valence-corrected chi connectivity index (χ3v) is 3.41. The second-order valence-electron chi connectivity index (χ2n) is 5.24. The van der Waals surface area contributed by atoms with Gasteiger partial charge in [-0.3, -0.25) is 0 Å². The highest BCUT2D eigenvalue weighted by atomic mass is 14.9. The van der Waals surface area contributed by atoms with Crippen molar-refractivity contribution in [1.82, 2.24) is 0 Å². The smallest absolute Gasteiger partial charge is 0.0381 e. The Kier molecular flexibility index (Phi) is 4.19. The van der Waals surface area contributed by atoms with Gasteiger partial charge in [0.1, 0.15) is 0 Å². The van der Waals surface area contributed by atoms with Gasteiger partial charge in [0.25, 0.3) is 0 Å². The van der Waals surface area contributed by atoms with Crippen LogP contribution in [0.3, 0.4) is 0 Å². The van der Waals surface area contributed by atoms with Crippen molar-refractivity contribution in [2.24, 2.45) is 0 Å². The van der Waals surface area contributed by atoms with Crippen molar-refractivity contribution in [1.29, 1.82) is 5.41 Å². The predicted molar refractivity (Wildman–Crippen MR) is 78.3 cm³/mol. The minimum atomic E-state index is 0.759. The predicted octanol–water partition coefficient (Wildman–Crippen LogP) is 4.66. The third-order valence-electron chi connectivity index (χ3n) is 3.41. The Bertz CT molecular complexity index is 454. The molecule has 0 aliphatic heterocycles. The largest absolute Gasteiger partial charge is 0.359 e. The van der Waals surface area contributed by atoms with Crippen LogP contribution in [0, 0.1) is 12.3 Å². The first-order valence-electron chi connectivity index (χ1n) is 6.74. The van der Waals surface area contributed by atoms with E-state index >= 15 is 0 Å². The maximum absolute atomic E-state index is 7.67. The molecule has 2 N–H and O–H groups in total. The lowest BCUT2D eigenvalue weighted by Gasteiger charge is -2.22. The van der Waals surface area contributed by atoms with Crippen LogP contribution in [0.4, 0.5) is 5.69 Å². The van der Waals surface area contributed by atoms with Gasteiger partial charge < -0.3 is 10.7 Å². The summed E-state index contributed by atoms with van der Waals surface area (Å²) in [5.74, 6) is 0. The van der Waals surface area contributed by atoms with E-state index in [1.807, 2.05) is 6.92 Å². The fourth-order valence-corrected chi connectivity index (χ4v) is 2.45. The highest BCUT2D eigenvalue weighted by Crippen LogP contribution is 2.28. The van der Waals surface area contributed by atoms with Crippen LogP contribution >= 0.6 is 0 Å². The normalized spacial score (nSPS) is 15.7. The lowest BCUT2D eigenvalue weighted by Crippen LogP contribution is -2.10. The van der Waals surface area contributed by atoms with Gasteiger partial charge in [0.15, 0.2) is 0 Å². The molecule has 0 heterocycles. The highest BCUT2D eigenvalue weighted by molar-refractivity contribution is 5.81. The van der Waals surface area contributed by atoms with Crippen molar-refractivity contribution in [2.75, 3.05) is 5.32 Å². The van der Waals surface area contributed by atoms with Crippen molar-refractivity contribution in [3.63, 3.8) is 0 Å². The number of allylic oxidation sites excluding steroid dienone is 2. The molecule has 0 fully saturated rings. The minimum absolute atomic E-state index is 0.759. The van der Waals surface area contributed by atoms with Crippen LogP contribution in [0.2, 0.25) is 0 Å². The summed E-state index contributed by atoms with van der Waals surface area (Å²) < 4.78 is 0. The van der Waals surface area contributed by atoms with Crippen molar-refractivity contribution in [3.8, 4) is 0 Å². The maximum Gasteiger partial charge on any atom is 0.0381 e. The van der Waals surface area contributed by atoms with Gasteiger partial charge in [-0.25, -0.2) is 0 Å². The molecule has 18 heavy (non-hydrogen) atoms. The van der Waals surface area contributed by atoms with E-state index in [-0.39, 0.29) is 0 Å². The van der Waals surface area contributed by atoms with Crippen molar-refractivity contribution in [3.05, 3.63) is 41.1 Å². The number of hydrogen-bond acceptors (Lipinski definition) is 2. The van der Waals surface area contributed by atoms with Gasteiger partial charge >= 0.3 is 0 Å². The molecule has 1 aliphatic rings. The monoisotopic (exact) mass is 242 g/mol. The molecule has 0 saturated carbocycles. The number of rotatable bonds is 4. The number of benzene rings is 1. The topological polar surface area (TPSA) is 35.9 Å². The average Bonchev–Trinajstić information content (AvgIpc) is 2.34. The van der Waals surface area contributed by atoms with E-state index in [1.165, 1.54) is 29.7 Å². The van der Waals surface area contributed by atoms with Crippen LogP contribution < -0.4 is 5.32 Å². The fraction of sp³-hybridized carbons (Fsp3) is 0.438. The fourth-order valence-electron chi connectivity index (χ4n) is 2.45. The summed E-state index contributed by atoms with van der Waals surface area (Å²) in [5.41, 5.74) is 5.98. The van der Waals surface area contributed by atoms with E-state index in [0.29, 0.717) is 0 Å². The highest BCUT2D eigenvalue weighted by Gasteiger charge is 2.13. The molecular formula is C16H22N2. The van der Waals surface area contributed by atoms with Crippen LogP contribution in [0.25, 0.3) is 0 Å². The summed E-state index contributed by atoms with van der Waals surface area (Å²) in [6.45, 7) is 4.00. The second kappa shape index (κ2) is 5.85. The lowest BCUT2D eigenvalue weighted by molar-refractivity contribution is 0.667. The van der Waals surface area contributed by atoms with Crippen molar-refractivity contribution in [2.45, 2.75) is 46.0 Å². The summed E-state index contributed by atoms with van der Waals surface area (Å²) in [4.78, 5) is 0. The lowest BCUT2D eigenvalue weighted by atomic mass is 9.92. The Labute approximate surface area is 110 Å².